The van der Waals surface area contributed by atoms with E-state index in [0.29, 0.717) is 0 Å². The maximum atomic E-state index is 3.30. The molecule has 3 aromatic heterocycles. The Morgan fingerprint density at radius 3 is 0.970 bits per heavy atom. The number of nitrogens with one attached hydrogen (secondary N) is 3. The number of hydrogen-bond acceptors (Lipinski definition) is 0. The van der Waals surface area contributed by atoms with E-state index < -0.39 is 0 Å². The molecule has 3 nitrogen and oxygen atoms in total. The zero-order valence-electron chi connectivity index (χ0n) is 17.9. The van der Waals surface area contributed by atoms with Crippen LogP contribution in [0.2, 0.25) is 0 Å². The Hall–Kier alpha value is -4.50. The highest BCUT2D eigenvalue weighted by molar-refractivity contribution is 5.91. The summed E-state index contributed by atoms with van der Waals surface area (Å²) in [5.41, 5.74) is 10.8. The molecule has 0 aliphatic heterocycles. The van der Waals surface area contributed by atoms with Crippen LogP contribution >= 0.6 is 0 Å². The lowest BCUT2D eigenvalue weighted by atomic mass is 9.92. The first-order valence-electron chi connectivity index (χ1n) is 11.2. The van der Waals surface area contributed by atoms with E-state index in [1.807, 2.05) is 18.6 Å². The summed E-state index contributed by atoms with van der Waals surface area (Å²) in [5, 5.41) is 3.67. The Balaban J connectivity index is 1.45. The van der Waals surface area contributed by atoms with Gasteiger partial charge in [0.1, 0.15) is 0 Å². The van der Waals surface area contributed by atoms with Gasteiger partial charge in [0.05, 0.1) is 0 Å². The first-order chi connectivity index (χ1) is 16.3. The van der Waals surface area contributed by atoms with E-state index in [1.165, 1.54) is 49.5 Å². The number of H-pyrrole nitrogens is 3. The SMILES string of the molecule is c1cc2cc(-c3cc(-c4ccc5[nH]ccc5c4)cc(-c4ccc5[nH]ccc5c4)c3)ccc2[nH]1. The Kier molecular flexibility index (Phi) is 3.84. The van der Waals surface area contributed by atoms with Crippen LogP contribution in [0.1, 0.15) is 0 Å². The van der Waals surface area contributed by atoms with Crippen molar-refractivity contribution >= 4 is 32.7 Å². The average Bonchev–Trinajstić information content (AvgIpc) is 3.62. The zero-order valence-corrected chi connectivity index (χ0v) is 17.9. The largest absolute Gasteiger partial charge is 0.361 e. The summed E-state index contributed by atoms with van der Waals surface area (Å²) < 4.78 is 0. The second-order valence-corrected chi connectivity index (χ2v) is 8.64. The molecule has 3 heterocycles. The molecule has 4 aromatic carbocycles. The van der Waals surface area contributed by atoms with Crippen LogP contribution in [0.15, 0.2) is 110 Å². The highest BCUT2D eigenvalue weighted by Crippen LogP contribution is 2.35. The van der Waals surface area contributed by atoms with Crippen LogP contribution < -0.4 is 0 Å². The van der Waals surface area contributed by atoms with Gasteiger partial charge in [0.2, 0.25) is 0 Å². The molecule has 0 unspecified atom stereocenters. The molecule has 33 heavy (non-hydrogen) atoms. The van der Waals surface area contributed by atoms with Gasteiger partial charge in [0, 0.05) is 35.1 Å². The predicted octanol–water partition coefficient (Wildman–Crippen LogP) is 8.13. The fraction of sp³-hybridized carbons (Fsp3) is 0. The smallest absolute Gasteiger partial charge is 0.0454 e. The summed E-state index contributed by atoms with van der Waals surface area (Å²) in [4.78, 5) is 9.89. The molecule has 7 rings (SSSR count). The van der Waals surface area contributed by atoms with E-state index in [0.717, 1.165) is 16.6 Å². The van der Waals surface area contributed by atoms with Crippen LogP contribution in [-0.2, 0) is 0 Å². The summed E-state index contributed by atoms with van der Waals surface area (Å²) >= 11 is 0. The highest BCUT2D eigenvalue weighted by Gasteiger charge is 2.10. The van der Waals surface area contributed by atoms with Crippen LogP contribution in [0.25, 0.3) is 66.1 Å². The minimum atomic E-state index is 1.16. The van der Waals surface area contributed by atoms with Crippen molar-refractivity contribution in [3.05, 3.63) is 110 Å². The molecule has 3 N–H and O–H groups in total. The highest BCUT2D eigenvalue weighted by atomic mass is 14.7. The number of benzene rings is 4. The third-order valence-corrected chi connectivity index (χ3v) is 6.59. The van der Waals surface area contributed by atoms with Gasteiger partial charge in [0.25, 0.3) is 0 Å². The van der Waals surface area contributed by atoms with Gasteiger partial charge in [0.15, 0.2) is 0 Å². The Morgan fingerprint density at radius 2 is 0.636 bits per heavy atom. The number of fused-ring (bicyclic) bond motifs is 3. The Labute approximate surface area is 190 Å². The van der Waals surface area contributed by atoms with Crippen LogP contribution in [-0.4, -0.2) is 15.0 Å². The van der Waals surface area contributed by atoms with E-state index in [-0.39, 0.29) is 0 Å². The molecule has 0 saturated heterocycles. The van der Waals surface area contributed by atoms with E-state index in [2.05, 4.69) is 106 Å². The van der Waals surface area contributed by atoms with Gasteiger partial charge in [-0.05, 0) is 122 Å². The van der Waals surface area contributed by atoms with Crippen LogP contribution in [0.3, 0.4) is 0 Å². The lowest BCUT2D eigenvalue weighted by molar-refractivity contribution is 1.47. The molecule has 0 atom stereocenters. The van der Waals surface area contributed by atoms with Gasteiger partial charge in [-0.2, -0.15) is 0 Å². The molecule has 7 aromatic rings. The molecule has 0 aliphatic rings. The van der Waals surface area contributed by atoms with Crippen molar-refractivity contribution in [1.29, 1.82) is 0 Å². The summed E-state index contributed by atoms with van der Waals surface area (Å²) in [6.07, 6.45) is 5.98. The van der Waals surface area contributed by atoms with Gasteiger partial charge in [-0.3, -0.25) is 0 Å². The number of rotatable bonds is 3. The van der Waals surface area contributed by atoms with Crippen LogP contribution in [0.5, 0.6) is 0 Å². The average molecular weight is 424 g/mol. The second-order valence-electron chi connectivity index (χ2n) is 8.64. The topological polar surface area (TPSA) is 47.4 Å². The van der Waals surface area contributed by atoms with Gasteiger partial charge >= 0.3 is 0 Å². The third kappa shape index (κ3) is 3.06. The van der Waals surface area contributed by atoms with E-state index in [9.17, 15) is 0 Å². The Bertz CT molecular complexity index is 1560. The summed E-state index contributed by atoms with van der Waals surface area (Å²) in [6, 6.07) is 33.2. The molecule has 0 saturated carbocycles. The molecule has 0 bridgehead atoms. The Morgan fingerprint density at radius 1 is 0.303 bits per heavy atom. The lowest BCUT2D eigenvalue weighted by Gasteiger charge is -2.12. The fourth-order valence-corrected chi connectivity index (χ4v) is 4.83. The van der Waals surface area contributed by atoms with Crippen LogP contribution in [0.4, 0.5) is 0 Å². The monoisotopic (exact) mass is 423 g/mol. The molecule has 0 aliphatic carbocycles. The van der Waals surface area contributed by atoms with Crippen molar-refractivity contribution < 1.29 is 0 Å². The third-order valence-electron chi connectivity index (χ3n) is 6.59. The lowest BCUT2D eigenvalue weighted by Crippen LogP contribution is -1.87. The molecule has 3 heteroatoms. The van der Waals surface area contributed by atoms with Gasteiger partial charge in [-0.25, -0.2) is 0 Å². The van der Waals surface area contributed by atoms with Gasteiger partial charge < -0.3 is 15.0 Å². The van der Waals surface area contributed by atoms with Crippen molar-refractivity contribution in [1.82, 2.24) is 15.0 Å². The molecule has 0 radical (unpaired) electrons. The summed E-state index contributed by atoms with van der Waals surface area (Å²) in [6.45, 7) is 0. The van der Waals surface area contributed by atoms with E-state index in [4.69, 9.17) is 0 Å². The zero-order chi connectivity index (χ0) is 21.8. The second kappa shape index (κ2) is 7.01. The number of hydrogen-bond donors (Lipinski definition) is 3. The number of aromatic nitrogens is 3. The van der Waals surface area contributed by atoms with Crippen molar-refractivity contribution in [3.8, 4) is 33.4 Å². The van der Waals surface area contributed by atoms with E-state index in [1.54, 1.807) is 0 Å². The normalized spacial score (nSPS) is 11.6. The molecule has 0 fully saturated rings. The van der Waals surface area contributed by atoms with Crippen molar-refractivity contribution in [3.63, 3.8) is 0 Å². The van der Waals surface area contributed by atoms with Crippen molar-refractivity contribution in [2.45, 2.75) is 0 Å². The first kappa shape index (κ1) is 18.1. The molecular weight excluding hydrogens is 402 g/mol. The fourth-order valence-electron chi connectivity index (χ4n) is 4.83. The number of aromatic amines is 3. The molecule has 156 valence electrons. The molecule has 0 spiro atoms. The standard InChI is InChI=1S/C30H21N3/c1-4-28-22(7-10-31-28)13-19(1)25-16-26(20-2-5-29-23(14-20)8-11-32-29)18-27(17-25)21-3-6-30-24(15-21)9-12-33-30/h1-18,31-33H. The first-order valence-corrected chi connectivity index (χ1v) is 11.2. The minimum absolute atomic E-state index is 1.16. The maximum absolute atomic E-state index is 3.30. The maximum Gasteiger partial charge on any atom is 0.0454 e. The quantitative estimate of drug-likeness (QED) is 0.257. The molecule has 0 amide bonds. The van der Waals surface area contributed by atoms with E-state index >= 15 is 0 Å². The molecular formula is C30H21N3. The summed E-state index contributed by atoms with van der Waals surface area (Å²) in [7, 11) is 0. The van der Waals surface area contributed by atoms with Crippen molar-refractivity contribution in [2.24, 2.45) is 0 Å². The summed E-state index contributed by atoms with van der Waals surface area (Å²) in [5.74, 6) is 0. The van der Waals surface area contributed by atoms with Gasteiger partial charge in [-0.1, -0.05) is 18.2 Å². The predicted molar refractivity (Wildman–Crippen MR) is 138 cm³/mol. The van der Waals surface area contributed by atoms with Crippen LogP contribution in [0, 0.1) is 0 Å². The van der Waals surface area contributed by atoms with Gasteiger partial charge in [-0.15, -0.1) is 0 Å². The van der Waals surface area contributed by atoms with Crippen molar-refractivity contribution in [2.75, 3.05) is 0 Å². The minimum Gasteiger partial charge on any atom is -0.361 e.